The van der Waals surface area contributed by atoms with Gasteiger partial charge in [-0.3, -0.25) is 9.03 Å². The fourth-order valence-electron chi connectivity index (χ4n) is 1.62. The Morgan fingerprint density at radius 1 is 1.05 bits per heavy atom. The van der Waals surface area contributed by atoms with Crippen molar-refractivity contribution in [2.24, 2.45) is 0 Å². The molecule has 0 aliphatic heterocycles. The molecule has 0 amide bonds. The first-order valence-electron chi connectivity index (χ1n) is 5.81. The van der Waals surface area contributed by atoms with Crippen LogP contribution in [0.4, 0.5) is 11.4 Å². The molecule has 0 unspecified atom stereocenters. The predicted octanol–water partition coefficient (Wildman–Crippen LogP) is 1.94. The zero-order valence-corrected chi connectivity index (χ0v) is 13.8. The van der Waals surface area contributed by atoms with E-state index in [1.807, 2.05) is 0 Å². The lowest BCUT2D eigenvalue weighted by Gasteiger charge is -2.20. The average molecular weight is 346 g/mol. The minimum Gasteiger partial charge on any atom is -0.277 e. The van der Waals surface area contributed by atoms with Crippen molar-refractivity contribution in [1.82, 2.24) is 0 Å². The number of nitrogens with one attached hydrogen (secondary N) is 1. The Balaban J connectivity index is 2.43. The molecule has 1 heterocycles. The second kappa shape index (κ2) is 5.66. The van der Waals surface area contributed by atoms with Gasteiger partial charge in [0, 0.05) is 7.05 Å². The number of sulfonamides is 2. The average Bonchev–Trinajstić information content (AvgIpc) is 2.91. The van der Waals surface area contributed by atoms with Crippen LogP contribution in [-0.4, -0.2) is 30.1 Å². The van der Waals surface area contributed by atoms with Crippen molar-refractivity contribution in [3.63, 3.8) is 0 Å². The molecule has 21 heavy (non-hydrogen) atoms. The molecule has 9 heteroatoms. The summed E-state index contributed by atoms with van der Waals surface area (Å²) in [5.41, 5.74) is 0.471. The lowest BCUT2D eigenvalue weighted by molar-refractivity contribution is 0.598. The lowest BCUT2D eigenvalue weighted by Crippen LogP contribution is -2.26. The molecule has 0 aliphatic carbocycles. The number of nitrogens with zero attached hydrogens (tertiary/aromatic N) is 1. The number of rotatable bonds is 5. The third-order valence-corrected chi connectivity index (χ3v) is 6.70. The van der Waals surface area contributed by atoms with Crippen LogP contribution in [0.5, 0.6) is 0 Å². The van der Waals surface area contributed by atoms with E-state index < -0.39 is 20.0 Å². The monoisotopic (exact) mass is 346 g/mol. The maximum atomic E-state index is 12.2. The largest absolute Gasteiger partial charge is 0.277 e. The number of hydrogen-bond acceptors (Lipinski definition) is 5. The molecule has 0 bridgehead atoms. The van der Waals surface area contributed by atoms with Crippen molar-refractivity contribution in [3.05, 3.63) is 41.8 Å². The summed E-state index contributed by atoms with van der Waals surface area (Å²) in [7, 11) is -5.84. The Kier molecular flexibility index (Phi) is 4.26. The topological polar surface area (TPSA) is 83.6 Å². The molecule has 0 aliphatic rings. The number of para-hydroxylation sites is 2. The molecule has 114 valence electrons. The van der Waals surface area contributed by atoms with Crippen LogP contribution in [0.15, 0.2) is 46.0 Å². The smallest absolute Gasteiger partial charge is 0.271 e. The van der Waals surface area contributed by atoms with Gasteiger partial charge in [-0.05, 0) is 23.6 Å². The van der Waals surface area contributed by atoms with E-state index in [9.17, 15) is 16.8 Å². The first kappa shape index (κ1) is 15.8. The third-order valence-electron chi connectivity index (χ3n) is 2.75. The fourth-order valence-corrected chi connectivity index (χ4v) is 4.21. The molecule has 0 atom stereocenters. The van der Waals surface area contributed by atoms with Crippen LogP contribution in [0.25, 0.3) is 0 Å². The molecule has 2 aromatic rings. The summed E-state index contributed by atoms with van der Waals surface area (Å²) >= 11 is 1.09. The summed E-state index contributed by atoms with van der Waals surface area (Å²) < 4.78 is 51.3. The highest BCUT2D eigenvalue weighted by molar-refractivity contribution is 7.94. The molecular formula is C12H14N2O4S3. The lowest BCUT2D eigenvalue weighted by atomic mass is 10.3. The van der Waals surface area contributed by atoms with Crippen molar-refractivity contribution >= 4 is 42.8 Å². The van der Waals surface area contributed by atoms with E-state index in [1.165, 1.54) is 25.2 Å². The first-order chi connectivity index (χ1) is 9.72. The highest BCUT2D eigenvalue weighted by atomic mass is 32.2. The predicted molar refractivity (Wildman–Crippen MR) is 84.8 cm³/mol. The maximum absolute atomic E-state index is 12.2. The van der Waals surface area contributed by atoms with Gasteiger partial charge >= 0.3 is 0 Å². The number of hydrogen-bond donors (Lipinski definition) is 1. The summed E-state index contributed by atoms with van der Waals surface area (Å²) in [6, 6.07) is 9.44. The molecular weight excluding hydrogens is 332 g/mol. The van der Waals surface area contributed by atoms with E-state index in [4.69, 9.17) is 0 Å². The van der Waals surface area contributed by atoms with E-state index in [0.29, 0.717) is 0 Å². The zero-order valence-electron chi connectivity index (χ0n) is 11.3. The summed E-state index contributed by atoms with van der Waals surface area (Å²) in [5, 5.41) is 1.66. The van der Waals surface area contributed by atoms with E-state index in [2.05, 4.69) is 4.72 Å². The molecule has 0 spiro atoms. The van der Waals surface area contributed by atoms with E-state index in [-0.39, 0.29) is 15.6 Å². The third kappa shape index (κ3) is 3.55. The van der Waals surface area contributed by atoms with Crippen LogP contribution in [0.1, 0.15) is 0 Å². The highest BCUT2D eigenvalue weighted by Crippen LogP contribution is 2.29. The van der Waals surface area contributed by atoms with Gasteiger partial charge in [-0.1, -0.05) is 18.2 Å². The van der Waals surface area contributed by atoms with E-state index in [0.717, 1.165) is 21.9 Å². The molecule has 0 saturated heterocycles. The molecule has 1 N–H and O–H groups in total. The normalized spacial score (nSPS) is 12.1. The SMILES string of the molecule is CN(c1ccccc1NS(=O)(=O)c1cccs1)S(C)(=O)=O. The molecule has 0 saturated carbocycles. The molecule has 1 aromatic carbocycles. The summed E-state index contributed by atoms with van der Waals surface area (Å²) in [6.45, 7) is 0. The van der Waals surface area contributed by atoms with E-state index in [1.54, 1.807) is 23.6 Å². The van der Waals surface area contributed by atoms with Gasteiger partial charge in [0.15, 0.2) is 0 Å². The van der Waals surface area contributed by atoms with Gasteiger partial charge in [0.05, 0.1) is 17.6 Å². The Labute approximate surface area is 128 Å². The molecule has 0 radical (unpaired) electrons. The van der Waals surface area contributed by atoms with Crippen LogP contribution in [-0.2, 0) is 20.0 Å². The molecule has 1 aromatic heterocycles. The number of thiophene rings is 1. The van der Waals surface area contributed by atoms with Gasteiger partial charge in [-0.25, -0.2) is 16.8 Å². The Bertz CT molecular complexity index is 827. The molecule has 2 rings (SSSR count). The van der Waals surface area contributed by atoms with Crippen molar-refractivity contribution in [2.45, 2.75) is 4.21 Å². The van der Waals surface area contributed by atoms with Crippen molar-refractivity contribution in [2.75, 3.05) is 22.3 Å². The van der Waals surface area contributed by atoms with Gasteiger partial charge in [0.1, 0.15) is 4.21 Å². The van der Waals surface area contributed by atoms with Crippen LogP contribution < -0.4 is 9.03 Å². The molecule has 6 nitrogen and oxygen atoms in total. The fraction of sp³-hybridized carbons (Fsp3) is 0.167. The molecule has 0 fully saturated rings. The quantitative estimate of drug-likeness (QED) is 0.897. The maximum Gasteiger partial charge on any atom is 0.271 e. The van der Waals surface area contributed by atoms with Crippen molar-refractivity contribution in [3.8, 4) is 0 Å². The second-order valence-corrected chi connectivity index (χ2v) is 9.16. The summed E-state index contributed by atoms with van der Waals surface area (Å²) in [6.07, 6.45) is 1.05. The Morgan fingerprint density at radius 3 is 2.29 bits per heavy atom. The van der Waals surface area contributed by atoms with Crippen LogP contribution in [0.2, 0.25) is 0 Å². The number of benzene rings is 1. The van der Waals surface area contributed by atoms with Gasteiger partial charge < -0.3 is 0 Å². The summed E-state index contributed by atoms with van der Waals surface area (Å²) in [5.74, 6) is 0. The highest BCUT2D eigenvalue weighted by Gasteiger charge is 2.20. The van der Waals surface area contributed by atoms with Gasteiger partial charge in [-0.2, -0.15) is 0 Å². The van der Waals surface area contributed by atoms with Crippen molar-refractivity contribution < 1.29 is 16.8 Å². The van der Waals surface area contributed by atoms with Crippen LogP contribution in [0, 0.1) is 0 Å². The van der Waals surface area contributed by atoms with Gasteiger partial charge in [0.2, 0.25) is 10.0 Å². The standard InChI is InChI=1S/C12H14N2O4S3/c1-14(20(2,15)16)11-7-4-3-6-10(11)13-21(17,18)12-8-5-9-19-12/h3-9,13H,1-2H3. The van der Waals surface area contributed by atoms with E-state index >= 15 is 0 Å². The van der Waals surface area contributed by atoms with Gasteiger partial charge in [-0.15, -0.1) is 11.3 Å². The van der Waals surface area contributed by atoms with Crippen molar-refractivity contribution in [1.29, 1.82) is 0 Å². The summed E-state index contributed by atoms with van der Waals surface area (Å²) in [4.78, 5) is 0. The Hall–Kier alpha value is -1.58. The van der Waals surface area contributed by atoms with Crippen LogP contribution >= 0.6 is 11.3 Å². The minimum absolute atomic E-state index is 0.166. The van der Waals surface area contributed by atoms with Crippen LogP contribution in [0.3, 0.4) is 0 Å². The zero-order chi connectivity index (χ0) is 15.7. The van der Waals surface area contributed by atoms with Gasteiger partial charge in [0.25, 0.3) is 10.0 Å². The number of anilines is 2. The second-order valence-electron chi connectivity index (χ2n) is 4.29. The first-order valence-corrected chi connectivity index (χ1v) is 10.0. The minimum atomic E-state index is -3.72. The Morgan fingerprint density at radius 2 is 1.71 bits per heavy atom.